The molecule has 0 bridgehead atoms. The van der Waals surface area contributed by atoms with Crippen LogP contribution in [0.2, 0.25) is 0 Å². The average molecular weight is 368 g/mol. The molecule has 0 saturated carbocycles. The number of carbonyl (C=O) groups is 2. The summed E-state index contributed by atoms with van der Waals surface area (Å²) in [4.78, 5) is 26.6. The highest BCUT2D eigenvalue weighted by molar-refractivity contribution is 7.18. The number of anilines is 2. The average Bonchev–Trinajstić information content (AvgIpc) is 3.23. The van der Waals surface area contributed by atoms with Gasteiger partial charge in [-0.15, -0.1) is 22.7 Å². The molecule has 2 amide bonds. The molecular weight excluding hydrogens is 352 g/mol. The first kappa shape index (κ1) is 16.1. The van der Waals surface area contributed by atoms with Crippen molar-refractivity contribution in [2.75, 3.05) is 10.6 Å². The first-order valence-corrected chi connectivity index (χ1v) is 9.66. The van der Waals surface area contributed by atoms with Gasteiger partial charge >= 0.3 is 0 Å². The van der Waals surface area contributed by atoms with Crippen molar-refractivity contribution in [2.45, 2.75) is 19.3 Å². The van der Waals surface area contributed by atoms with Crippen LogP contribution in [0.15, 0.2) is 47.8 Å². The lowest BCUT2D eigenvalue weighted by Gasteiger charge is -2.22. The second-order valence-corrected chi connectivity index (χ2v) is 7.94. The summed E-state index contributed by atoms with van der Waals surface area (Å²) in [7, 11) is 0. The fourth-order valence-corrected chi connectivity index (χ4v) is 5.18. The van der Waals surface area contributed by atoms with E-state index in [1.54, 1.807) is 11.3 Å². The lowest BCUT2D eigenvalue weighted by molar-refractivity contribution is -0.116. The highest BCUT2D eigenvalue weighted by atomic mass is 32.1. The van der Waals surface area contributed by atoms with E-state index in [4.69, 9.17) is 0 Å². The summed E-state index contributed by atoms with van der Waals surface area (Å²) < 4.78 is 0. The fourth-order valence-electron chi connectivity index (χ4n) is 3.16. The van der Waals surface area contributed by atoms with Crippen LogP contribution in [0.5, 0.6) is 0 Å². The van der Waals surface area contributed by atoms with E-state index in [9.17, 15) is 9.59 Å². The highest BCUT2D eigenvalue weighted by Crippen LogP contribution is 2.46. The number of thiophene rings is 2. The van der Waals surface area contributed by atoms with Crippen molar-refractivity contribution >= 4 is 45.2 Å². The predicted molar refractivity (Wildman–Crippen MR) is 103 cm³/mol. The first-order valence-electron chi connectivity index (χ1n) is 7.96. The Morgan fingerprint density at radius 3 is 2.72 bits per heavy atom. The zero-order valence-electron chi connectivity index (χ0n) is 13.5. The van der Waals surface area contributed by atoms with Gasteiger partial charge in [0.2, 0.25) is 5.91 Å². The van der Waals surface area contributed by atoms with Crippen molar-refractivity contribution in [3.05, 3.63) is 68.7 Å². The van der Waals surface area contributed by atoms with Crippen LogP contribution in [0.25, 0.3) is 0 Å². The maximum atomic E-state index is 12.7. The Kier molecular flexibility index (Phi) is 4.15. The van der Waals surface area contributed by atoms with Crippen molar-refractivity contribution in [2.24, 2.45) is 0 Å². The van der Waals surface area contributed by atoms with Gasteiger partial charge in [-0.3, -0.25) is 9.59 Å². The van der Waals surface area contributed by atoms with E-state index in [0.717, 1.165) is 26.7 Å². The molecule has 0 saturated heterocycles. The quantitative estimate of drug-likeness (QED) is 0.695. The van der Waals surface area contributed by atoms with Gasteiger partial charge in [0.1, 0.15) is 0 Å². The van der Waals surface area contributed by atoms with Crippen molar-refractivity contribution in [3.63, 3.8) is 0 Å². The zero-order valence-corrected chi connectivity index (χ0v) is 15.2. The van der Waals surface area contributed by atoms with Crippen molar-refractivity contribution in [3.8, 4) is 0 Å². The van der Waals surface area contributed by atoms with E-state index in [-0.39, 0.29) is 17.7 Å². The monoisotopic (exact) mass is 368 g/mol. The second kappa shape index (κ2) is 6.46. The van der Waals surface area contributed by atoms with Crippen LogP contribution in [-0.2, 0) is 4.79 Å². The van der Waals surface area contributed by atoms with E-state index in [0.29, 0.717) is 11.3 Å². The molecule has 1 aromatic carbocycles. The molecule has 0 aliphatic carbocycles. The molecule has 3 aromatic rings. The van der Waals surface area contributed by atoms with E-state index in [1.807, 2.05) is 48.7 Å². The number of carbonyl (C=O) groups excluding carboxylic acids is 2. The van der Waals surface area contributed by atoms with Gasteiger partial charge in [0.25, 0.3) is 5.91 Å². The Hall–Kier alpha value is -2.44. The van der Waals surface area contributed by atoms with E-state index >= 15 is 0 Å². The largest absolute Gasteiger partial charge is 0.321 e. The van der Waals surface area contributed by atoms with Crippen LogP contribution in [0.1, 0.15) is 38.0 Å². The second-order valence-electron chi connectivity index (χ2n) is 5.94. The maximum Gasteiger partial charge on any atom is 0.266 e. The number of para-hydroxylation sites is 1. The van der Waals surface area contributed by atoms with Crippen molar-refractivity contribution < 1.29 is 9.59 Å². The lowest BCUT2D eigenvalue weighted by atomic mass is 9.89. The molecule has 2 aromatic heterocycles. The molecule has 2 N–H and O–H groups in total. The number of nitrogens with one attached hydrogen (secondary N) is 2. The molecule has 1 aliphatic heterocycles. The molecule has 126 valence electrons. The summed E-state index contributed by atoms with van der Waals surface area (Å²) >= 11 is 3.00. The number of hydrogen-bond donors (Lipinski definition) is 2. The Bertz CT molecular complexity index is 930. The summed E-state index contributed by atoms with van der Waals surface area (Å²) in [5, 5.41) is 8.68. The van der Waals surface area contributed by atoms with Gasteiger partial charge in [-0.1, -0.05) is 24.3 Å². The zero-order chi connectivity index (χ0) is 17.4. The summed E-state index contributed by atoms with van der Waals surface area (Å²) in [6.07, 6.45) is 0.421. The molecule has 1 unspecified atom stereocenters. The molecule has 4 rings (SSSR count). The van der Waals surface area contributed by atoms with Crippen LogP contribution in [0, 0.1) is 6.92 Å². The molecule has 3 heterocycles. The molecule has 25 heavy (non-hydrogen) atoms. The summed E-state index contributed by atoms with van der Waals surface area (Å²) in [6, 6.07) is 13.4. The molecule has 0 radical (unpaired) electrons. The molecule has 6 heteroatoms. The third-order valence-electron chi connectivity index (χ3n) is 4.31. The van der Waals surface area contributed by atoms with Gasteiger partial charge in [-0.25, -0.2) is 0 Å². The number of amides is 2. The molecule has 1 atom stereocenters. The Morgan fingerprint density at radius 2 is 2.00 bits per heavy atom. The normalized spacial score (nSPS) is 16.2. The molecule has 4 nitrogen and oxygen atoms in total. The van der Waals surface area contributed by atoms with Crippen molar-refractivity contribution in [1.82, 2.24) is 0 Å². The fraction of sp³-hybridized carbons (Fsp3) is 0.158. The smallest absolute Gasteiger partial charge is 0.266 e. The lowest BCUT2D eigenvalue weighted by Crippen LogP contribution is -2.22. The minimum absolute atomic E-state index is 0.00201. The van der Waals surface area contributed by atoms with Crippen LogP contribution < -0.4 is 10.6 Å². The third-order valence-corrected chi connectivity index (χ3v) is 6.52. The summed E-state index contributed by atoms with van der Waals surface area (Å²) in [5.74, 6) is -0.109. The SMILES string of the molecule is Cc1c(C(=O)Nc2ccccc2)sc2c1C(c1cccs1)CC(=O)N2. The molecular formula is C19H16N2O2S2. The minimum atomic E-state index is -0.137. The Balaban J connectivity index is 1.71. The minimum Gasteiger partial charge on any atom is -0.321 e. The number of hydrogen-bond acceptors (Lipinski definition) is 4. The molecule has 0 spiro atoms. The van der Waals surface area contributed by atoms with Gasteiger partial charge in [0.15, 0.2) is 0 Å². The van der Waals surface area contributed by atoms with E-state index < -0.39 is 0 Å². The molecule has 0 fully saturated rings. The number of benzene rings is 1. The van der Waals surface area contributed by atoms with Crippen LogP contribution >= 0.6 is 22.7 Å². The maximum absolute atomic E-state index is 12.7. The van der Waals surface area contributed by atoms with Crippen molar-refractivity contribution in [1.29, 1.82) is 0 Å². The highest BCUT2D eigenvalue weighted by Gasteiger charge is 2.33. The van der Waals surface area contributed by atoms with Gasteiger partial charge in [0.05, 0.1) is 9.88 Å². The Labute approximate surface area is 153 Å². The van der Waals surface area contributed by atoms with Crippen LogP contribution in [-0.4, -0.2) is 11.8 Å². The van der Waals surface area contributed by atoms with Crippen LogP contribution in [0.4, 0.5) is 10.7 Å². The number of fused-ring (bicyclic) bond motifs is 1. The number of rotatable bonds is 3. The van der Waals surface area contributed by atoms with Gasteiger partial charge in [0, 0.05) is 22.9 Å². The first-order chi connectivity index (χ1) is 12.1. The standard InChI is InChI=1S/C19H16N2O2S2/c1-11-16-13(14-8-5-9-24-14)10-15(22)21-19(16)25-17(11)18(23)20-12-6-3-2-4-7-12/h2-9,13H,10H2,1H3,(H,20,23)(H,21,22). The predicted octanol–water partition coefficient (Wildman–Crippen LogP) is 4.84. The van der Waals surface area contributed by atoms with Gasteiger partial charge in [-0.2, -0.15) is 0 Å². The topological polar surface area (TPSA) is 58.2 Å². The van der Waals surface area contributed by atoms with Crippen LogP contribution in [0.3, 0.4) is 0 Å². The van der Waals surface area contributed by atoms with E-state index in [1.165, 1.54) is 11.3 Å². The van der Waals surface area contributed by atoms with E-state index in [2.05, 4.69) is 16.7 Å². The summed E-state index contributed by atoms with van der Waals surface area (Å²) in [6.45, 7) is 1.97. The summed E-state index contributed by atoms with van der Waals surface area (Å²) in [5.41, 5.74) is 2.79. The molecule has 1 aliphatic rings. The van der Waals surface area contributed by atoms with Gasteiger partial charge < -0.3 is 10.6 Å². The van der Waals surface area contributed by atoms with Gasteiger partial charge in [-0.05, 0) is 41.6 Å². The third kappa shape index (κ3) is 2.99. The Morgan fingerprint density at radius 1 is 1.20 bits per heavy atom.